The van der Waals surface area contributed by atoms with E-state index in [0.717, 1.165) is 0 Å². The van der Waals surface area contributed by atoms with Crippen molar-refractivity contribution in [3.63, 3.8) is 0 Å². The zero-order chi connectivity index (χ0) is 17.1. The molecule has 0 bridgehead atoms. The molecule has 23 heavy (non-hydrogen) atoms. The number of carbonyl (C=O) groups is 2. The Labute approximate surface area is 130 Å². The Morgan fingerprint density at radius 2 is 1.52 bits per heavy atom. The molecule has 0 aromatic heterocycles. The lowest BCUT2D eigenvalue weighted by Gasteiger charge is -2.24. The van der Waals surface area contributed by atoms with Crippen molar-refractivity contribution in [1.82, 2.24) is 15.7 Å². The van der Waals surface area contributed by atoms with Crippen LogP contribution in [0.15, 0.2) is 0 Å². The minimum Gasteiger partial charge on any atom is -0.480 e. The molecule has 12 heteroatoms. The summed E-state index contributed by atoms with van der Waals surface area (Å²) in [6.45, 7) is 0.321. The number of nitrogens with zero attached hydrogens (tertiary/aromatic N) is 3. The monoisotopic (exact) mass is 337 g/mol. The van der Waals surface area contributed by atoms with Crippen LogP contribution in [0.5, 0.6) is 0 Å². The fourth-order valence-electron chi connectivity index (χ4n) is 3.15. The maximum absolute atomic E-state index is 12.5. The first-order valence-corrected chi connectivity index (χ1v) is 7.02. The van der Waals surface area contributed by atoms with Gasteiger partial charge >= 0.3 is 5.97 Å². The van der Waals surface area contributed by atoms with E-state index in [2.05, 4.69) is 9.68 Å². The number of likely N-dealkylation sites (tertiary alicyclic amines) is 1. The summed E-state index contributed by atoms with van der Waals surface area (Å²) >= 11 is 0. The average Bonchev–Trinajstić information content (AvgIpc) is 3.04. The second-order valence-corrected chi connectivity index (χ2v) is 5.49. The normalized spacial score (nSPS) is 31.3. The molecule has 0 radical (unpaired) electrons. The molecule has 0 aromatic rings. The van der Waals surface area contributed by atoms with Gasteiger partial charge in [-0.2, -0.15) is 0 Å². The fourth-order valence-corrected chi connectivity index (χ4v) is 3.15. The van der Waals surface area contributed by atoms with Gasteiger partial charge in [-0.15, -0.1) is 0 Å². The molecule has 1 aliphatic heterocycles. The quantitative estimate of drug-likeness (QED) is 0.387. The Kier molecular flexibility index (Phi) is 5.83. The summed E-state index contributed by atoms with van der Waals surface area (Å²) in [6.07, 6.45) is -1.12. The largest absolute Gasteiger partial charge is 0.480 e. The highest BCUT2D eigenvalue weighted by Gasteiger charge is 2.45. The predicted octanol–water partition coefficient (Wildman–Crippen LogP) is -0.767. The number of carbonyl (C=O) groups excluding carboxylic acids is 1. The summed E-state index contributed by atoms with van der Waals surface area (Å²) in [5.41, 5.74) is 0. The number of aliphatic carboxylic acids is 1. The molecule has 0 aromatic carbocycles. The van der Waals surface area contributed by atoms with Crippen molar-refractivity contribution in [2.75, 3.05) is 6.54 Å². The molecule has 2 rings (SSSR count). The number of carboxylic acids is 1. The van der Waals surface area contributed by atoms with E-state index < -0.39 is 46.8 Å². The minimum atomic E-state index is -1.08. The molecule has 1 unspecified atom stereocenters. The first-order chi connectivity index (χ1) is 10.8. The van der Waals surface area contributed by atoms with E-state index in [1.807, 2.05) is 0 Å². The predicted molar refractivity (Wildman–Crippen MR) is 65.7 cm³/mol. The van der Waals surface area contributed by atoms with Gasteiger partial charge in [0.05, 0.1) is 10.8 Å². The van der Waals surface area contributed by atoms with Crippen LogP contribution in [0, 0.1) is 5.92 Å². The molecule has 1 amide bonds. The molecule has 132 valence electrons. The van der Waals surface area contributed by atoms with Crippen molar-refractivity contribution in [2.45, 2.75) is 43.9 Å². The average molecular weight is 337 g/mol. The lowest BCUT2D eigenvalue weighted by Crippen LogP contribution is -2.43. The summed E-state index contributed by atoms with van der Waals surface area (Å²) in [5, 5.41) is 42.9. The van der Waals surface area contributed by atoms with Gasteiger partial charge in [0, 0.05) is 12.5 Å². The highest BCUT2D eigenvalue weighted by molar-refractivity contribution is 5.86. The molecule has 1 heterocycles. The fraction of sp³-hybridized carbons (Fsp3) is 0.818. The lowest BCUT2D eigenvalue weighted by molar-refractivity contribution is -0.535. The Morgan fingerprint density at radius 3 is 1.96 bits per heavy atom. The number of hydrogen-bond donors (Lipinski definition) is 5. The molecule has 2 aliphatic rings. The Hall–Kier alpha value is -1.38. The zero-order valence-electron chi connectivity index (χ0n) is 12.1. The number of rotatable bonds is 6. The maximum atomic E-state index is 12.5. The van der Waals surface area contributed by atoms with E-state index in [9.17, 15) is 9.59 Å². The van der Waals surface area contributed by atoms with Gasteiger partial charge in [0.15, 0.2) is 0 Å². The van der Waals surface area contributed by atoms with Gasteiger partial charge in [0.25, 0.3) is 0 Å². The van der Waals surface area contributed by atoms with Crippen LogP contribution in [0.1, 0.15) is 25.7 Å². The number of carboxylic acid groups (broad SMARTS) is 1. The van der Waals surface area contributed by atoms with Crippen LogP contribution in [0.4, 0.5) is 0 Å². The smallest absolute Gasteiger partial charge is 0.326 e. The molecule has 1 saturated carbocycles. The van der Waals surface area contributed by atoms with Crippen LogP contribution in [-0.2, 0) is 19.3 Å². The van der Waals surface area contributed by atoms with Crippen LogP contribution in [0.2, 0.25) is 0 Å². The highest BCUT2D eigenvalue weighted by atomic mass is 17.1. The van der Waals surface area contributed by atoms with Gasteiger partial charge in [-0.25, -0.2) is 14.5 Å². The van der Waals surface area contributed by atoms with Gasteiger partial charge < -0.3 is 10.0 Å². The maximum Gasteiger partial charge on any atom is 0.326 e. The van der Waals surface area contributed by atoms with Gasteiger partial charge in [-0.3, -0.25) is 25.6 Å². The third kappa shape index (κ3) is 4.33. The summed E-state index contributed by atoms with van der Waals surface area (Å²) in [5.74, 6) is -2.20. The number of amides is 1. The van der Waals surface area contributed by atoms with Gasteiger partial charge in [-0.05, 0) is 25.7 Å². The van der Waals surface area contributed by atoms with Crippen molar-refractivity contribution in [3.8, 4) is 0 Å². The van der Waals surface area contributed by atoms with E-state index in [-0.39, 0.29) is 12.8 Å². The molecule has 1 aliphatic carbocycles. The lowest BCUT2D eigenvalue weighted by atomic mass is 10.1. The van der Waals surface area contributed by atoms with Crippen molar-refractivity contribution >= 4 is 11.9 Å². The summed E-state index contributed by atoms with van der Waals surface area (Å²) in [7, 11) is 0. The summed E-state index contributed by atoms with van der Waals surface area (Å²) < 4.78 is 0. The number of hydrogen-bond acceptors (Lipinski definition) is 10. The van der Waals surface area contributed by atoms with Crippen LogP contribution in [0.3, 0.4) is 0 Å². The van der Waals surface area contributed by atoms with Crippen molar-refractivity contribution in [3.05, 3.63) is 0 Å². The van der Waals surface area contributed by atoms with E-state index in [4.69, 9.17) is 25.9 Å². The van der Waals surface area contributed by atoms with Crippen molar-refractivity contribution in [2.24, 2.45) is 5.92 Å². The first kappa shape index (κ1) is 18.0. The first-order valence-electron chi connectivity index (χ1n) is 7.02. The summed E-state index contributed by atoms with van der Waals surface area (Å²) in [6, 6.07) is -0.888. The summed E-state index contributed by atoms with van der Waals surface area (Å²) in [4.78, 5) is 34.2. The van der Waals surface area contributed by atoms with E-state index in [0.29, 0.717) is 19.4 Å². The van der Waals surface area contributed by atoms with Crippen LogP contribution in [0.25, 0.3) is 0 Å². The third-order valence-corrected chi connectivity index (χ3v) is 4.08. The zero-order valence-corrected chi connectivity index (χ0v) is 12.1. The highest BCUT2D eigenvalue weighted by Crippen LogP contribution is 2.34. The van der Waals surface area contributed by atoms with Crippen LogP contribution >= 0.6 is 0 Å². The Bertz CT molecular complexity index is 428. The molecular weight excluding hydrogens is 318 g/mol. The van der Waals surface area contributed by atoms with E-state index >= 15 is 0 Å². The molecule has 2 fully saturated rings. The second kappa shape index (κ2) is 7.46. The standard InChI is InChI=1S/C11H19N3O9/c15-10(12-3-1-2-7(12)11(16)17)6-4-8(22-13(18)19)9(5-6)23-14(20)21/h6-9,18-21H,1-5H2,(H,16,17)/t6?,7-,8-,9+/m1/s1. The van der Waals surface area contributed by atoms with Gasteiger partial charge in [0.2, 0.25) is 5.91 Å². The molecule has 0 spiro atoms. The van der Waals surface area contributed by atoms with Crippen molar-refractivity contribution in [1.29, 1.82) is 0 Å². The molecular formula is C11H19N3O9. The molecule has 12 nitrogen and oxygen atoms in total. The Balaban J connectivity index is 2.04. The van der Waals surface area contributed by atoms with Crippen LogP contribution < -0.4 is 0 Å². The Morgan fingerprint density at radius 1 is 1.00 bits per heavy atom. The third-order valence-electron chi connectivity index (χ3n) is 4.08. The molecule has 4 atom stereocenters. The van der Waals surface area contributed by atoms with E-state index in [1.165, 1.54) is 4.90 Å². The SMILES string of the molecule is O=C(O)[C@H]1CCCN1C(=O)C1C[C@H](ON(O)O)[C@H](ON(O)O)C1. The minimum absolute atomic E-state index is 0.00218. The second-order valence-electron chi connectivity index (χ2n) is 5.49. The molecule has 1 saturated heterocycles. The van der Waals surface area contributed by atoms with Crippen LogP contribution in [-0.4, -0.2) is 78.3 Å². The molecule has 5 N–H and O–H groups in total. The van der Waals surface area contributed by atoms with Gasteiger partial charge in [0.1, 0.15) is 18.2 Å². The van der Waals surface area contributed by atoms with Crippen molar-refractivity contribution < 1.29 is 45.2 Å². The van der Waals surface area contributed by atoms with E-state index in [1.54, 1.807) is 0 Å². The topological polar surface area (TPSA) is 163 Å². The van der Waals surface area contributed by atoms with Gasteiger partial charge in [-0.1, -0.05) is 0 Å².